The minimum Gasteiger partial charge on any atom is -0.318 e. The third-order valence-electron chi connectivity index (χ3n) is 2.40. The molecule has 0 saturated carbocycles. The number of hydrazine groups is 1. The highest BCUT2D eigenvalue weighted by atomic mass is 19.1. The molecule has 2 aromatic heterocycles. The lowest BCUT2D eigenvalue weighted by Gasteiger charge is -2.08. The summed E-state index contributed by atoms with van der Waals surface area (Å²) in [7, 11) is 1.55. The number of hydrogen-bond acceptors (Lipinski definition) is 4. The minimum absolute atomic E-state index is 0.202. The first-order valence-corrected chi connectivity index (χ1v) is 5.41. The van der Waals surface area contributed by atoms with E-state index >= 15 is 0 Å². The van der Waals surface area contributed by atoms with E-state index in [9.17, 15) is 14.0 Å². The van der Waals surface area contributed by atoms with Crippen LogP contribution >= 0.6 is 0 Å². The van der Waals surface area contributed by atoms with Gasteiger partial charge in [-0.2, -0.15) is 4.39 Å². The number of carbonyl (C=O) groups excluding carboxylic acids is 1. The molecule has 0 aliphatic rings. The molecule has 7 heteroatoms. The van der Waals surface area contributed by atoms with Crippen LogP contribution in [-0.2, 0) is 7.05 Å². The predicted molar refractivity (Wildman–Crippen MR) is 67.0 cm³/mol. The maximum atomic E-state index is 12.6. The van der Waals surface area contributed by atoms with Crippen molar-refractivity contribution in [3.63, 3.8) is 0 Å². The van der Waals surface area contributed by atoms with Crippen LogP contribution < -0.4 is 16.4 Å². The van der Waals surface area contributed by atoms with Crippen molar-refractivity contribution in [2.24, 2.45) is 7.05 Å². The van der Waals surface area contributed by atoms with E-state index in [1.54, 1.807) is 7.05 Å². The Morgan fingerprint density at radius 3 is 2.74 bits per heavy atom. The van der Waals surface area contributed by atoms with Crippen LogP contribution in [0.25, 0.3) is 0 Å². The van der Waals surface area contributed by atoms with Crippen molar-refractivity contribution in [3.05, 3.63) is 58.5 Å². The van der Waals surface area contributed by atoms with Crippen molar-refractivity contribution in [2.45, 2.75) is 0 Å². The van der Waals surface area contributed by atoms with Crippen LogP contribution in [0.15, 0.2) is 41.5 Å². The second-order valence-electron chi connectivity index (χ2n) is 3.82. The molecule has 0 aromatic carbocycles. The van der Waals surface area contributed by atoms with Gasteiger partial charge in [0.25, 0.3) is 5.91 Å². The highest BCUT2D eigenvalue weighted by Gasteiger charge is 2.06. The molecule has 0 aliphatic carbocycles. The molecule has 2 heterocycles. The van der Waals surface area contributed by atoms with Crippen molar-refractivity contribution >= 4 is 11.6 Å². The van der Waals surface area contributed by atoms with E-state index < -0.39 is 11.9 Å². The maximum Gasteiger partial charge on any atom is 0.271 e. The van der Waals surface area contributed by atoms with Crippen LogP contribution in [0.1, 0.15) is 10.4 Å². The number of halogens is 1. The van der Waals surface area contributed by atoms with Gasteiger partial charge < -0.3 is 4.57 Å². The summed E-state index contributed by atoms with van der Waals surface area (Å²) in [5.41, 5.74) is 5.57. The van der Waals surface area contributed by atoms with Crippen LogP contribution in [0.3, 0.4) is 0 Å². The number of pyridine rings is 2. The van der Waals surface area contributed by atoms with E-state index in [0.717, 1.165) is 0 Å². The summed E-state index contributed by atoms with van der Waals surface area (Å²) in [6, 6.07) is 5.32. The third-order valence-corrected chi connectivity index (χ3v) is 2.40. The molecule has 0 atom stereocenters. The summed E-state index contributed by atoms with van der Waals surface area (Å²) in [6.07, 6.45) is 2.67. The van der Waals surface area contributed by atoms with Crippen molar-refractivity contribution in [2.75, 3.05) is 5.43 Å². The fourth-order valence-electron chi connectivity index (χ4n) is 1.38. The molecule has 0 fully saturated rings. The molecule has 2 N–H and O–H groups in total. The highest BCUT2D eigenvalue weighted by Crippen LogP contribution is 2.03. The summed E-state index contributed by atoms with van der Waals surface area (Å²) in [5.74, 6) is -1.02. The SMILES string of the molecule is Cn1cc(C(=O)NNc2ccc(F)nc2)ccc1=O. The Hall–Kier alpha value is -2.70. The average molecular weight is 262 g/mol. The van der Waals surface area contributed by atoms with Crippen molar-refractivity contribution < 1.29 is 9.18 Å². The van der Waals surface area contributed by atoms with Gasteiger partial charge in [-0.3, -0.25) is 20.4 Å². The van der Waals surface area contributed by atoms with Crippen molar-refractivity contribution in [1.82, 2.24) is 15.0 Å². The summed E-state index contributed by atoms with van der Waals surface area (Å²) in [5, 5.41) is 0. The molecule has 2 aromatic rings. The van der Waals surface area contributed by atoms with Crippen molar-refractivity contribution in [3.8, 4) is 0 Å². The Morgan fingerprint density at radius 2 is 2.11 bits per heavy atom. The van der Waals surface area contributed by atoms with E-state index in [1.165, 1.54) is 41.2 Å². The third kappa shape index (κ3) is 3.15. The van der Waals surface area contributed by atoms with Gasteiger partial charge in [0, 0.05) is 19.3 Å². The minimum atomic E-state index is -0.602. The number of amides is 1. The first kappa shape index (κ1) is 12.7. The standard InChI is InChI=1S/C12H11FN4O2/c1-17-7-8(2-5-11(17)18)12(19)16-15-9-3-4-10(13)14-6-9/h2-7,15H,1H3,(H,16,19). The number of aryl methyl sites for hydroxylation is 1. The molecular weight excluding hydrogens is 251 g/mol. The number of nitrogens with zero attached hydrogens (tertiary/aromatic N) is 2. The molecule has 1 amide bonds. The first-order valence-electron chi connectivity index (χ1n) is 5.41. The summed E-state index contributed by atoms with van der Waals surface area (Å²) >= 11 is 0. The quantitative estimate of drug-likeness (QED) is 0.630. The normalized spacial score (nSPS) is 10.0. The second kappa shape index (κ2) is 5.30. The number of aromatic nitrogens is 2. The summed E-state index contributed by atoms with van der Waals surface area (Å²) in [4.78, 5) is 26.4. The van der Waals surface area contributed by atoms with Gasteiger partial charge in [0.1, 0.15) is 0 Å². The zero-order valence-corrected chi connectivity index (χ0v) is 10.1. The molecule has 2 rings (SSSR count). The average Bonchev–Trinajstić information content (AvgIpc) is 2.41. The number of carbonyl (C=O) groups is 1. The van der Waals surface area contributed by atoms with Gasteiger partial charge in [-0.1, -0.05) is 0 Å². The largest absolute Gasteiger partial charge is 0.318 e. The summed E-state index contributed by atoms with van der Waals surface area (Å²) < 4.78 is 13.9. The number of anilines is 1. The van der Waals surface area contributed by atoms with Gasteiger partial charge in [0.05, 0.1) is 17.4 Å². The van der Waals surface area contributed by atoms with Crippen LogP contribution in [-0.4, -0.2) is 15.5 Å². The van der Waals surface area contributed by atoms with Crippen LogP contribution in [0.2, 0.25) is 0 Å². The molecule has 0 saturated heterocycles. The van der Waals surface area contributed by atoms with E-state index in [-0.39, 0.29) is 5.56 Å². The number of rotatable bonds is 3. The lowest BCUT2D eigenvalue weighted by atomic mass is 10.3. The van der Waals surface area contributed by atoms with Crippen LogP contribution in [0, 0.1) is 5.95 Å². The van der Waals surface area contributed by atoms with Gasteiger partial charge in [0.15, 0.2) is 0 Å². The lowest BCUT2D eigenvalue weighted by molar-refractivity contribution is 0.0962. The van der Waals surface area contributed by atoms with Crippen LogP contribution in [0.4, 0.5) is 10.1 Å². The van der Waals surface area contributed by atoms with E-state index in [2.05, 4.69) is 15.8 Å². The molecule has 0 aliphatic heterocycles. The van der Waals surface area contributed by atoms with E-state index in [4.69, 9.17) is 0 Å². The van der Waals surface area contributed by atoms with Gasteiger partial charge >= 0.3 is 0 Å². The number of nitrogens with one attached hydrogen (secondary N) is 2. The van der Waals surface area contributed by atoms with E-state index in [1.807, 2.05) is 0 Å². The maximum absolute atomic E-state index is 12.6. The fourth-order valence-corrected chi connectivity index (χ4v) is 1.38. The number of hydrogen-bond donors (Lipinski definition) is 2. The fraction of sp³-hybridized carbons (Fsp3) is 0.0833. The van der Waals surface area contributed by atoms with Gasteiger partial charge in [-0.05, 0) is 18.2 Å². The highest BCUT2D eigenvalue weighted by molar-refractivity contribution is 5.94. The molecule has 0 unspecified atom stereocenters. The Bertz CT molecular complexity index is 652. The van der Waals surface area contributed by atoms with Gasteiger partial charge in [0.2, 0.25) is 11.5 Å². The lowest BCUT2D eigenvalue weighted by Crippen LogP contribution is -2.30. The smallest absolute Gasteiger partial charge is 0.271 e. The van der Waals surface area contributed by atoms with Gasteiger partial charge in [-0.25, -0.2) is 4.98 Å². The topological polar surface area (TPSA) is 76.0 Å². The zero-order valence-electron chi connectivity index (χ0n) is 10.1. The monoisotopic (exact) mass is 262 g/mol. The Labute approximate surface area is 107 Å². The predicted octanol–water partition coefficient (Wildman–Crippen LogP) is 0.676. The Morgan fingerprint density at radius 1 is 1.32 bits per heavy atom. The first-order chi connectivity index (χ1) is 9.06. The van der Waals surface area contributed by atoms with Gasteiger partial charge in [-0.15, -0.1) is 0 Å². The van der Waals surface area contributed by atoms with Crippen LogP contribution in [0.5, 0.6) is 0 Å². The molecule has 98 valence electrons. The van der Waals surface area contributed by atoms with E-state index in [0.29, 0.717) is 11.3 Å². The molecule has 0 radical (unpaired) electrons. The van der Waals surface area contributed by atoms with Crippen molar-refractivity contribution in [1.29, 1.82) is 0 Å². The Balaban J connectivity index is 2.03. The molecule has 0 bridgehead atoms. The zero-order chi connectivity index (χ0) is 13.8. The molecular formula is C12H11FN4O2. The summed E-state index contributed by atoms with van der Waals surface area (Å²) in [6.45, 7) is 0. The Kier molecular flexibility index (Phi) is 3.56. The molecule has 0 spiro atoms. The molecule has 19 heavy (non-hydrogen) atoms. The second-order valence-corrected chi connectivity index (χ2v) is 3.82. The molecule has 6 nitrogen and oxygen atoms in total.